The second-order valence-electron chi connectivity index (χ2n) is 9.13. The van der Waals surface area contributed by atoms with Crippen molar-refractivity contribution in [1.29, 1.82) is 0 Å². The molecule has 2 heterocycles. The highest BCUT2D eigenvalue weighted by Crippen LogP contribution is 2.42. The minimum Gasteiger partial charge on any atom is -0.382 e. The molecule has 2 aromatic carbocycles. The molecule has 1 aromatic heterocycles. The van der Waals surface area contributed by atoms with E-state index in [4.69, 9.17) is 9.47 Å². The maximum atomic E-state index is 14.7. The number of aromatic nitrogens is 3. The molecule has 39 heavy (non-hydrogen) atoms. The molecule has 12 heteroatoms. The number of hydrogen-bond donors (Lipinski definition) is 1. The third-order valence-electron chi connectivity index (χ3n) is 6.30. The van der Waals surface area contributed by atoms with E-state index in [1.165, 1.54) is 35.5 Å². The molecular formula is C27H27F5N3O3P. The van der Waals surface area contributed by atoms with Crippen molar-refractivity contribution in [3.63, 3.8) is 0 Å². The molecule has 1 saturated heterocycles. The largest absolute Gasteiger partial charge is 0.416 e. The minimum atomic E-state index is -4.37. The van der Waals surface area contributed by atoms with Crippen molar-refractivity contribution in [2.75, 3.05) is 13.2 Å². The van der Waals surface area contributed by atoms with Gasteiger partial charge < -0.3 is 14.6 Å². The number of aliphatic hydroxyl groups is 1. The van der Waals surface area contributed by atoms with Crippen LogP contribution in [0.15, 0.2) is 73.3 Å². The zero-order chi connectivity index (χ0) is 28.0. The predicted octanol–water partition coefficient (Wildman–Crippen LogP) is 5.54. The number of ether oxygens (including phenoxy) is 2. The van der Waals surface area contributed by atoms with E-state index in [1.807, 2.05) is 0 Å². The Morgan fingerprint density at radius 1 is 1.10 bits per heavy atom. The van der Waals surface area contributed by atoms with E-state index >= 15 is 0 Å². The normalized spacial score (nSPS) is 21.2. The predicted molar refractivity (Wildman–Crippen MR) is 137 cm³/mol. The lowest BCUT2D eigenvalue weighted by atomic mass is 9.90. The highest BCUT2D eigenvalue weighted by Gasteiger charge is 2.40. The Morgan fingerprint density at radius 3 is 2.44 bits per heavy atom. The summed E-state index contributed by atoms with van der Waals surface area (Å²) in [5.74, 6) is -1.59. The summed E-state index contributed by atoms with van der Waals surface area (Å²) < 4.78 is 79.2. The standard InChI is InChI=1S/C27H27F5N3O3P/c1-18(26(36,15-35-17-33-16-34-35)23-11-10-21(28)12-24(23)29)39-22-13-37-25(38-14-22)5-3-2-4-19-6-8-20(9-7-19)27(30,31)32/h2-12,16-18,22,25,36,39H,13-15H2,1H3/b4-2+,5-3+/t18-,22?,25?,26-/m1/s1. The van der Waals surface area contributed by atoms with Crippen LogP contribution in [-0.2, 0) is 27.8 Å². The van der Waals surface area contributed by atoms with E-state index < -0.39 is 40.9 Å². The topological polar surface area (TPSA) is 69.4 Å². The second-order valence-corrected chi connectivity index (χ2v) is 11.1. The lowest BCUT2D eigenvalue weighted by molar-refractivity contribution is -0.147. The van der Waals surface area contributed by atoms with Crippen molar-refractivity contribution < 1.29 is 36.5 Å². The van der Waals surface area contributed by atoms with Crippen LogP contribution in [0.2, 0.25) is 0 Å². The average molecular weight is 567 g/mol. The van der Waals surface area contributed by atoms with Crippen LogP contribution < -0.4 is 0 Å². The number of rotatable bonds is 9. The molecule has 3 aromatic rings. The van der Waals surface area contributed by atoms with Gasteiger partial charge >= 0.3 is 6.18 Å². The summed E-state index contributed by atoms with van der Waals surface area (Å²) in [6.07, 6.45) is 4.44. The lowest BCUT2D eigenvalue weighted by Crippen LogP contribution is -2.43. The highest BCUT2D eigenvalue weighted by atomic mass is 31.1. The van der Waals surface area contributed by atoms with E-state index in [9.17, 15) is 27.1 Å². The van der Waals surface area contributed by atoms with Crippen LogP contribution in [-0.4, -0.2) is 50.7 Å². The van der Waals surface area contributed by atoms with E-state index in [0.717, 1.165) is 24.3 Å². The Morgan fingerprint density at radius 2 is 1.82 bits per heavy atom. The van der Waals surface area contributed by atoms with Gasteiger partial charge in [-0.1, -0.05) is 43.4 Å². The molecule has 0 saturated carbocycles. The Balaban J connectivity index is 1.33. The van der Waals surface area contributed by atoms with Gasteiger partial charge in [-0.2, -0.15) is 18.3 Å². The average Bonchev–Trinajstić information content (AvgIpc) is 3.40. The number of allylic oxidation sites excluding steroid dienone is 2. The smallest absolute Gasteiger partial charge is 0.382 e. The molecule has 0 amide bonds. The van der Waals surface area contributed by atoms with Gasteiger partial charge in [-0.15, -0.1) is 8.58 Å². The summed E-state index contributed by atoms with van der Waals surface area (Å²) in [5, 5.41) is 15.7. The molecule has 208 valence electrons. The molecule has 1 N–H and O–H groups in total. The monoisotopic (exact) mass is 567 g/mol. The molecule has 1 unspecified atom stereocenters. The third kappa shape index (κ3) is 7.57. The maximum absolute atomic E-state index is 14.7. The van der Waals surface area contributed by atoms with Crippen LogP contribution in [0, 0.1) is 11.6 Å². The van der Waals surface area contributed by atoms with Gasteiger partial charge in [0.1, 0.15) is 29.9 Å². The summed E-state index contributed by atoms with van der Waals surface area (Å²) in [5.41, 5.74) is -2.34. The van der Waals surface area contributed by atoms with Crippen molar-refractivity contribution in [2.24, 2.45) is 0 Å². The molecule has 1 fully saturated rings. The van der Waals surface area contributed by atoms with Crippen LogP contribution in [0.25, 0.3) is 6.08 Å². The van der Waals surface area contributed by atoms with Gasteiger partial charge in [-0.05, 0) is 29.8 Å². The zero-order valence-electron chi connectivity index (χ0n) is 20.9. The van der Waals surface area contributed by atoms with Crippen molar-refractivity contribution in [1.82, 2.24) is 14.8 Å². The first kappa shape index (κ1) is 29.0. The summed E-state index contributed by atoms with van der Waals surface area (Å²) in [4.78, 5) is 3.88. The van der Waals surface area contributed by atoms with E-state index in [1.54, 1.807) is 31.2 Å². The lowest BCUT2D eigenvalue weighted by Gasteiger charge is -2.38. The van der Waals surface area contributed by atoms with Crippen molar-refractivity contribution in [3.8, 4) is 0 Å². The van der Waals surface area contributed by atoms with Gasteiger partial charge in [0.2, 0.25) is 0 Å². The van der Waals surface area contributed by atoms with Crippen LogP contribution in [0.3, 0.4) is 0 Å². The van der Waals surface area contributed by atoms with E-state index in [-0.39, 0.29) is 26.3 Å². The first-order valence-corrected chi connectivity index (χ1v) is 13.2. The van der Waals surface area contributed by atoms with Crippen LogP contribution in [0.1, 0.15) is 23.6 Å². The summed E-state index contributed by atoms with van der Waals surface area (Å²) in [7, 11) is 0.115. The number of alkyl halides is 3. The van der Waals surface area contributed by atoms with E-state index in [2.05, 4.69) is 10.1 Å². The van der Waals surface area contributed by atoms with Gasteiger partial charge in [0, 0.05) is 22.9 Å². The molecule has 3 atom stereocenters. The Bertz CT molecular complexity index is 1280. The summed E-state index contributed by atoms with van der Waals surface area (Å²) >= 11 is 0. The number of benzene rings is 2. The molecule has 0 aliphatic carbocycles. The molecule has 1 aliphatic heterocycles. The first-order chi connectivity index (χ1) is 18.5. The summed E-state index contributed by atoms with van der Waals surface area (Å²) in [6.45, 7) is 2.39. The van der Waals surface area contributed by atoms with Gasteiger partial charge in [0.25, 0.3) is 0 Å². The molecule has 1 aliphatic rings. The summed E-state index contributed by atoms with van der Waals surface area (Å²) in [6, 6.07) is 7.91. The maximum Gasteiger partial charge on any atom is 0.416 e. The SMILES string of the molecule is C[C@@H](PC1COC(/C=C/C=C/c2ccc(C(F)(F)F)cc2)OC1)[C@](O)(Cn1cncn1)c1ccc(F)cc1F. The number of hydrogen-bond acceptors (Lipinski definition) is 5. The quantitative estimate of drug-likeness (QED) is 0.209. The van der Waals surface area contributed by atoms with Crippen LogP contribution in [0.5, 0.6) is 0 Å². The fraction of sp³-hybridized carbons (Fsp3) is 0.333. The fourth-order valence-electron chi connectivity index (χ4n) is 4.18. The molecular weight excluding hydrogens is 540 g/mol. The van der Waals surface area contributed by atoms with Gasteiger partial charge in [0.15, 0.2) is 6.29 Å². The van der Waals surface area contributed by atoms with Gasteiger partial charge in [0.05, 0.1) is 25.3 Å². The molecule has 6 nitrogen and oxygen atoms in total. The Labute approximate surface area is 223 Å². The number of halogens is 5. The molecule has 0 radical (unpaired) electrons. The van der Waals surface area contributed by atoms with Crippen LogP contribution >= 0.6 is 8.58 Å². The van der Waals surface area contributed by atoms with Crippen molar-refractivity contribution in [2.45, 2.75) is 42.9 Å². The Kier molecular flexibility index (Phi) is 9.27. The minimum absolute atomic E-state index is 0.0299. The van der Waals surface area contributed by atoms with Crippen LogP contribution in [0.4, 0.5) is 22.0 Å². The highest BCUT2D eigenvalue weighted by molar-refractivity contribution is 7.40. The molecule has 0 spiro atoms. The van der Waals surface area contributed by atoms with E-state index in [0.29, 0.717) is 18.8 Å². The molecule has 4 rings (SSSR count). The second kappa shape index (κ2) is 12.5. The third-order valence-corrected chi connectivity index (χ3v) is 8.08. The Hall–Kier alpha value is -2.98. The zero-order valence-corrected chi connectivity index (χ0v) is 21.9. The molecule has 0 bridgehead atoms. The first-order valence-electron chi connectivity index (χ1n) is 12.1. The van der Waals surface area contributed by atoms with Crippen molar-refractivity contribution in [3.05, 3.63) is 102 Å². The van der Waals surface area contributed by atoms with Crippen molar-refractivity contribution >= 4 is 14.7 Å². The fourth-order valence-corrected chi connectivity index (χ4v) is 5.79. The van der Waals surface area contributed by atoms with Gasteiger partial charge in [-0.3, -0.25) is 0 Å². The number of nitrogens with zero attached hydrogens (tertiary/aromatic N) is 3. The van der Waals surface area contributed by atoms with Gasteiger partial charge in [-0.25, -0.2) is 18.4 Å².